The van der Waals surface area contributed by atoms with Crippen molar-refractivity contribution in [3.8, 4) is 0 Å². The molecule has 1 N–H and O–H groups in total. The van der Waals surface area contributed by atoms with Crippen LogP contribution in [0.1, 0.15) is 20.3 Å². The highest BCUT2D eigenvalue weighted by atomic mass is 16.3. The quantitative estimate of drug-likeness (QED) is 0.764. The van der Waals surface area contributed by atoms with E-state index >= 15 is 0 Å². The Bertz CT molecular complexity index is 376. The summed E-state index contributed by atoms with van der Waals surface area (Å²) in [5.41, 5.74) is -0.0650. The molecule has 5 heteroatoms. The number of hydrogen-bond acceptors (Lipinski definition) is 4. The summed E-state index contributed by atoms with van der Waals surface area (Å²) in [6, 6.07) is 0. The molecule has 0 aliphatic carbocycles. The maximum Gasteiger partial charge on any atom is 0.293 e. The summed E-state index contributed by atoms with van der Waals surface area (Å²) in [5.74, 6) is 0.473. The molecule has 0 saturated carbocycles. The summed E-state index contributed by atoms with van der Waals surface area (Å²) in [4.78, 5) is 18.0. The van der Waals surface area contributed by atoms with E-state index in [0.717, 1.165) is 6.54 Å². The zero-order valence-corrected chi connectivity index (χ0v) is 9.89. The monoisotopic (exact) mass is 225 g/mol. The molecule has 0 spiro atoms. The predicted octanol–water partition coefficient (Wildman–Crippen LogP) is 0.472. The van der Waals surface area contributed by atoms with Gasteiger partial charge in [-0.25, -0.2) is 4.98 Å². The van der Waals surface area contributed by atoms with Gasteiger partial charge in [0.05, 0.1) is 0 Å². The van der Waals surface area contributed by atoms with Crippen LogP contribution in [0.15, 0.2) is 17.2 Å². The molecule has 90 valence electrons. The number of aryl methyl sites for hydroxylation is 1. The molecule has 1 heterocycles. The summed E-state index contributed by atoms with van der Waals surface area (Å²) >= 11 is 0. The Hall–Kier alpha value is -1.36. The molecule has 0 aliphatic heterocycles. The molecule has 1 aromatic heterocycles. The van der Waals surface area contributed by atoms with Crippen LogP contribution in [-0.2, 0) is 6.54 Å². The van der Waals surface area contributed by atoms with Crippen molar-refractivity contribution in [3.05, 3.63) is 22.7 Å². The van der Waals surface area contributed by atoms with Crippen LogP contribution in [-0.4, -0.2) is 34.4 Å². The first-order chi connectivity index (χ1) is 7.74. The summed E-state index contributed by atoms with van der Waals surface area (Å²) in [6.07, 6.45) is 3.98. The molecule has 0 bridgehead atoms. The average molecular weight is 225 g/mol. The van der Waals surface area contributed by atoms with Crippen LogP contribution in [0.3, 0.4) is 0 Å². The molecular formula is C11H19N3O2. The minimum atomic E-state index is -0.0650. The fourth-order valence-corrected chi connectivity index (χ4v) is 1.58. The average Bonchev–Trinajstić information content (AvgIpc) is 2.32. The SMILES string of the molecule is CCN(CCCO)c1nccn(CC)c1=O. The lowest BCUT2D eigenvalue weighted by Gasteiger charge is -2.21. The van der Waals surface area contributed by atoms with Gasteiger partial charge in [-0.2, -0.15) is 0 Å². The smallest absolute Gasteiger partial charge is 0.293 e. The van der Waals surface area contributed by atoms with Crippen molar-refractivity contribution in [1.82, 2.24) is 9.55 Å². The Morgan fingerprint density at radius 1 is 1.50 bits per heavy atom. The van der Waals surface area contributed by atoms with Crippen molar-refractivity contribution in [2.24, 2.45) is 0 Å². The molecule has 0 atom stereocenters. The number of aliphatic hydroxyl groups excluding tert-OH is 1. The molecule has 1 aromatic rings. The van der Waals surface area contributed by atoms with Gasteiger partial charge in [-0.05, 0) is 20.3 Å². The maximum absolute atomic E-state index is 12.0. The molecule has 1 rings (SSSR count). The van der Waals surface area contributed by atoms with Gasteiger partial charge < -0.3 is 14.6 Å². The zero-order chi connectivity index (χ0) is 12.0. The first-order valence-electron chi connectivity index (χ1n) is 5.65. The van der Waals surface area contributed by atoms with Gasteiger partial charge in [0.1, 0.15) is 0 Å². The van der Waals surface area contributed by atoms with Crippen molar-refractivity contribution in [2.75, 3.05) is 24.6 Å². The summed E-state index contributed by atoms with van der Waals surface area (Å²) in [5, 5.41) is 8.80. The molecule has 0 aromatic carbocycles. The van der Waals surface area contributed by atoms with Gasteiger partial charge in [0, 0.05) is 38.6 Å². The second-order valence-electron chi connectivity index (χ2n) is 3.50. The van der Waals surface area contributed by atoms with Crippen molar-refractivity contribution in [1.29, 1.82) is 0 Å². The van der Waals surface area contributed by atoms with E-state index in [1.165, 1.54) is 0 Å². The number of nitrogens with zero attached hydrogens (tertiary/aromatic N) is 3. The molecule has 0 saturated heterocycles. The molecule has 0 amide bonds. The molecule has 0 radical (unpaired) electrons. The van der Waals surface area contributed by atoms with Gasteiger partial charge in [0.15, 0.2) is 5.82 Å². The Morgan fingerprint density at radius 3 is 2.81 bits per heavy atom. The predicted molar refractivity (Wildman–Crippen MR) is 63.8 cm³/mol. The lowest BCUT2D eigenvalue weighted by atomic mass is 10.4. The van der Waals surface area contributed by atoms with Crippen LogP contribution >= 0.6 is 0 Å². The third-order valence-corrected chi connectivity index (χ3v) is 2.50. The van der Waals surface area contributed by atoms with Crippen LogP contribution in [0, 0.1) is 0 Å². The number of rotatable bonds is 6. The van der Waals surface area contributed by atoms with Crippen molar-refractivity contribution in [3.63, 3.8) is 0 Å². The van der Waals surface area contributed by atoms with Crippen molar-refractivity contribution in [2.45, 2.75) is 26.8 Å². The van der Waals surface area contributed by atoms with E-state index in [0.29, 0.717) is 25.3 Å². The topological polar surface area (TPSA) is 58.4 Å². The minimum Gasteiger partial charge on any atom is -0.396 e. The molecular weight excluding hydrogens is 206 g/mol. The second-order valence-corrected chi connectivity index (χ2v) is 3.50. The van der Waals surface area contributed by atoms with Gasteiger partial charge >= 0.3 is 0 Å². The lowest BCUT2D eigenvalue weighted by molar-refractivity contribution is 0.289. The summed E-state index contributed by atoms with van der Waals surface area (Å²) in [6.45, 7) is 6.05. The first-order valence-corrected chi connectivity index (χ1v) is 5.65. The molecule has 0 fully saturated rings. The Morgan fingerprint density at radius 2 is 2.25 bits per heavy atom. The van der Waals surface area contributed by atoms with Crippen molar-refractivity contribution >= 4 is 5.82 Å². The van der Waals surface area contributed by atoms with Gasteiger partial charge in [-0.1, -0.05) is 0 Å². The maximum atomic E-state index is 12.0. The molecule has 16 heavy (non-hydrogen) atoms. The second kappa shape index (κ2) is 6.27. The molecule has 0 unspecified atom stereocenters. The van der Waals surface area contributed by atoms with Crippen LogP contribution in [0.5, 0.6) is 0 Å². The Labute approximate surface area is 95.4 Å². The first kappa shape index (κ1) is 12.7. The number of aliphatic hydroxyl groups is 1. The zero-order valence-electron chi connectivity index (χ0n) is 9.89. The Kier molecular flexibility index (Phi) is 4.98. The highest BCUT2D eigenvalue weighted by Crippen LogP contribution is 2.03. The highest BCUT2D eigenvalue weighted by molar-refractivity contribution is 5.35. The normalized spacial score (nSPS) is 10.4. The number of hydrogen-bond donors (Lipinski definition) is 1. The van der Waals surface area contributed by atoms with Gasteiger partial charge in [0.2, 0.25) is 0 Å². The van der Waals surface area contributed by atoms with E-state index < -0.39 is 0 Å². The van der Waals surface area contributed by atoms with Crippen LogP contribution in [0.4, 0.5) is 5.82 Å². The van der Waals surface area contributed by atoms with E-state index in [1.54, 1.807) is 17.0 Å². The highest BCUT2D eigenvalue weighted by Gasteiger charge is 2.10. The van der Waals surface area contributed by atoms with Gasteiger partial charge in [-0.15, -0.1) is 0 Å². The standard InChI is InChI=1S/C11H19N3O2/c1-3-13(7-5-9-15)10-11(16)14(4-2)8-6-12-10/h6,8,15H,3-5,7,9H2,1-2H3. The number of aromatic nitrogens is 2. The molecule has 0 aliphatic rings. The van der Waals surface area contributed by atoms with Crippen molar-refractivity contribution < 1.29 is 5.11 Å². The summed E-state index contributed by atoms with van der Waals surface area (Å²) in [7, 11) is 0. The van der Waals surface area contributed by atoms with E-state index in [-0.39, 0.29) is 12.2 Å². The van der Waals surface area contributed by atoms with E-state index in [2.05, 4.69) is 4.98 Å². The summed E-state index contributed by atoms with van der Waals surface area (Å²) < 4.78 is 1.63. The van der Waals surface area contributed by atoms with E-state index in [9.17, 15) is 4.79 Å². The largest absolute Gasteiger partial charge is 0.396 e. The van der Waals surface area contributed by atoms with Gasteiger partial charge in [-0.3, -0.25) is 4.79 Å². The van der Waals surface area contributed by atoms with Gasteiger partial charge in [0.25, 0.3) is 5.56 Å². The van der Waals surface area contributed by atoms with Crippen LogP contribution < -0.4 is 10.5 Å². The van der Waals surface area contributed by atoms with Crippen LogP contribution in [0.2, 0.25) is 0 Å². The van der Waals surface area contributed by atoms with Crippen LogP contribution in [0.25, 0.3) is 0 Å². The fourth-order valence-electron chi connectivity index (χ4n) is 1.58. The lowest BCUT2D eigenvalue weighted by Crippen LogP contribution is -2.34. The van der Waals surface area contributed by atoms with E-state index in [4.69, 9.17) is 5.11 Å². The molecule has 5 nitrogen and oxygen atoms in total. The third-order valence-electron chi connectivity index (χ3n) is 2.50. The van der Waals surface area contributed by atoms with E-state index in [1.807, 2.05) is 18.7 Å². The third kappa shape index (κ3) is 2.82. The minimum absolute atomic E-state index is 0.0650. The Balaban J connectivity index is 2.96. The number of anilines is 1. The fraction of sp³-hybridized carbons (Fsp3) is 0.636.